The van der Waals surface area contributed by atoms with E-state index >= 15 is 0 Å². The molecule has 5 heteroatoms. The highest BCUT2D eigenvalue weighted by Crippen LogP contribution is 2.38. The first kappa shape index (κ1) is 13.5. The summed E-state index contributed by atoms with van der Waals surface area (Å²) in [5, 5.41) is 8.59. The van der Waals surface area contributed by atoms with Crippen LogP contribution in [0.15, 0.2) is 27.5 Å². The van der Waals surface area contributed by atoms with Gasteiger partial charge in [0.1, 0.15) is 5.69 Å². The smallest absolute Gasteiger partial charge is 0.267 e. The van der Waals surface area contributed by atoms with Gasteiger partial charge in [-0.1, -0.05) is 12.1 Å². The van der Waals surface area contributed by atoms with Gasteiger partial charge in [-0.25, -0.2) is 5.10 Å². The summed E-state index contributed by atoms with van der Waals surface area (Å²) in [6, 6.07) is 6.09. The summed E-state index contributed by atoms with van der Waals surface area (Å²) in [4.78, 5) is 14.4. The van der Waals surface area contributed by atoms with Gasteiger partial charge in [-0.15, -0.1) is 11.3 Å². The number of aromatic amines is 1. The highest BCUT2D eigenvalue weighted by molar-refractivity contribution is 9.10. The van der Waals surface area contributed by atoms with E-state index in [1.54, 1.807) is 11.3 Å². The second kappa shape index (κ2) is 4.82. The molecule has 3 nitrogen and oxygen atoms in total. The van der Waals surface area contributed by atoms with Gasteiger partial charge >= 0.3 is 0 Å². The molecule has 0 saturated heterocycles. The lowest BCUT2D eigenvalue weighted by molar-refractivity contribution is 1.02. The quantitative estimate of drug-likeness (QED) is 0.710. The second-order valence-electron chi connectivity index (χ2n) is 4.88. The zero-order chi connectivity index (χ0) is 14.4. The summed E-state index contributed by atoms with van der Waals surface area (Å²) in [6.45, 7) is 6.03. The Morgan fingerprint density at radius 2 is 1.80 bits per heavy atom. The SMILES string of the molecule is Cc1cc(Br)c(-c2n[nH]c(=O)c3c(C)ccc(C)c23)s1. The minimum atomic E-state index is -0.130. The molecule has 1 N–H and O–H groups in total. The molecule has 0 spiro atoms. The molecule has 0 aliphatic heterocycles. The van der Waals surface area contributed by atoms with E-state index in [4.69, 9.17) is 0 Å². The van der Waals surface area contributed by atoms with Crippen molar-refractivity contribution in [3.05, 3.63) is 49.0 Å². The lowest BCUT2D eigenvalue weighted by atomic mass is 10.0. The van der Waals surface area contributed by atoms with Crippen LogP contribution in [0.5, 0.6) is 0 Å². The van der Waals surface area contributed by atoms with Crippen molar-refractivity contribution in [1.82, 2.24) is 10.2 Å². The molecule has 0 fully saturated rings. The molecule has 0 radical (unpaired) electrons. The summed E-state index contributed by atoms with van der Waals surface area (Å²) in [7, 11) is 0. The Bertz CT molecular complexity index is 879. The van der Waals surface area contributed by atoms with Crippen LogP contribution in [0.25, 0.3) is 21.3 Å². The Hall–Kier alpha value is -1.46. The van der Waals surface area contributed by atoms with Crippen LogP contribution in [0.4, 0.5) is 0 Å². The largest absolute Gasteiger partial charge is 0.272 e. The van der Waals surface area contributed by atoms with Crippen LogP contribution >= 0.6 is 27.3 Å². The Labute approximate surface area is 128 Å². The first-order valence-electron chi connectivity index (χ1n) is 6.24. The van der Waals surface area contributed by atoms with Gasteiger partial charge in [-0.2, -0.15) is 5.10 Å². The molecular formula is C15H13BrN2OS. The average molecular weight is 349 g/mol. The lowest BCUT2D eigenvalue weighted by Gasteiger charge is -2.09. The maximum Gasteiger partial charge on any atom is 0.272 e. The predicted molar refractivity (Wildman–Crippen MR) is 87.6 cm³/mol. The third kappa shape index (κ3) is 2.01. The van der Waals surface area contributed by atoms with Crippen LogP contribution in [0.1, 0.15) is 16.0 Å². The number of nitrogens with one attached hydrogen (secondary N) is 1. The van der Waals surface area contributed by atoms with E-state index in [9.17, 15) is 4.79 Å². The van der Waals surface area contributed by atoms with E-state index in [2.05, 4.69) is 39.1 Å². The van der Waals surface area contributed by atoms with Crippen molar-refractivity contribution in [2.45, 2.75) is 20.8 Å². The van der Waals surface area contributed by atoms with Crippen molar-refractivity contribution in [1.29, 1.82) is 0 Å². The molecule has 0 amide bonds. The third-order valence-electron chi connectivity index (χ3n) is 3.38. The topological polar surface area (TPSA) is 45.8 Å². The van der Waals surface area contributed by atoms with Crippen LogP contribution in [-0.2, 0) is 0 Å². The van der Waals surface area contributed by atoms with Gasteiger partial charge in [0.05, 0.1) is 10.3 Å². The van der Waals surface area contributed by atoms with Gasteiger partial charge in [-0.05, 0) is 53.9 Å². The Balaban J connectivity index is 2.50. The van der Waals surface area contributed by atoms with Gasteiger partial charge in [-0.3, -0.25) is 4.79 Å². The van der Waals surface area contributed by atoms with E-state index in [1.807, 2.05) is 26.0 Å². The first-order valence-corrected chi connectivity index (χ1v) is 7.85. The van der Waals surface area contributed by atoms with Crippen molar-refractivity contribution in [2.75, 3.05) is 0 Å². The molecule has 0 aliphatic carbocycles. The minimum absolute atomic E-state index is 0.130. The second-order valence-corrected chi connectivity index (χ2v) is 7.00. The fourth-order valence-corrected chi connectivity index (χ4v) is 4.26. The standard InChI is InChI=1S/C15H13BrN2OS/c1-7-4-5-8(2)12-11(7)13(17-18-15(12)19)14-10(16)6-9(3)20-14/h4-6H,1-3H3,(H,18,19). The molecule has 20 heavy (non-hydrogen) atoms. The number of aryl methyl sites for hydroxylation is 3. The predicted octanol–water partition coefficient (Wildman–Crippen LogP) is 4.34. The lowest BCUT2D eigenvalue weighted by Crippen LogP contribution is -2.11. The molecule has 3 rings (SSSR count). The third-order valence-corrected chi connectivity index (χ3v) is 5.33. The van der Waals surface area contributed by atoms with Gasteiger partial charge in [0.25, 0.3) is 5.56 Å². The molecule has 0 saturated carbocycles. The average Bonchev–Trinajstić information content (AvgIpc) is 2.73. The van der Waals surface area contributed by atoms with Crippen molar-refractivity contribution in [3.8, 4) is 10.6 Å². The van der Waals surface area contributed by atoms with Gasteiger partial charge in [0, 0.05) is 14.7 Å². The number of fused-ring (bicyclic) bond motifs is 1. The van der Waals surface area contributed by atoms with Crippen LogP contribution in [0.3, 0.4) is 0 Å². The molecule has 0 aliphatic rings. The summed E-state index contributed by atoms with van der Waals surface area (Å²) in [5.41, 5.74) is 2.75. The van der Waals surface area contributed by atoms with E-state index < -0.39 is 0 Å². The Morgan fingerprint density at radius 1 is 1.15 bits per heavy atom. The zero-order valence-corrected chi connectivity index (χ0v) is 13.8. The molecule has 102 valence electrons. The molecule has 1 aromatic carbocycles. The summed E-state index contributed by atoms with van der Waals surface area (Å²) in [6.07, 6.45) is 0. The van der Waals surface area contributed by atoms with Crippen molar-refractivity contribution in [3.63, 3.8) is 0 Å². The number of nitrogens with zero attached hydrogens (tertiary/aromatic N) is 1. The monoisotopic (exact) mass is 348 g/mol. The highest BCUT2D eigenvalue weighted by Gasteiger charge is 2.16. The van der Waals surface area contributed by atoms with Gasteiger partial charge < -0.3 is 0 Å². The molecule has 3 aromatic rings. The van der Waals surface area contributed by atoms with E-state index in [-0.39, 0.29) is 5.56 Å². The first-order chi connectivity index (χ1) is 9.49. The number of rotatable bonds is 1. The van der Waals surface area contributed by atoms with Gasteiger partial charge in [0.15, 0.2) is 0 Å². The van der Waals surface area contributed by atoms with Crippen LogP contribution in [0.2, 0.25) is 0 Å². The number of halogens is 1. The number of hydrogen-bond donors (Lipinski definition) is 1. The van der Waals surface area contributed by atoms with Gasteiger partial charge in [0.2, 0.25) is 0 Å². The molecule has 0 bridgehead atoms. The van der Waals surface area contributed by atoms with E-state index in [0.29, 0.717) is 0 Å². The summed E-state index contributed by atoms with van der Waals surface area (Å²) < 4.78 is 1.02. The maximum atomic E-state index is 12.1. The molecule has 2 heterocycles. The highest BCUT2D eigenvalue weighted by atomic mass is 79.9. The normalized spacial score (nSPS) is 11.2. The van der Waals surface area contributed by atoms with E-state index in [0.717, 1.165) is 36.9 Å². The van der Waals surface area contributed by atoms with E-state index in [1.165, 1.54) is 4.88 Å². The Kier molecular flexibility index (Phi) is 3.26. The summed E-state index contributed by atoms with van der Waals surface area (Å²) >= 11 is 5.25. The number of hydrogen-bond acceptors (Lipinski definition) is 3. The van der Waals surface area contributed by atoms with Crippen LogP contribution in [-0.4, -0.2) is 10.2 Å². The maximum absolute atomic E-state index is 12.1. The van der Waals surface area contributed by atoms with Crippen LogP contribution < -0.4 is 5.56 Å². The fourth-order valence-electron chi connectivity index (χ4n) is 2.44. The minimum Gasteiger partial charge on any atom is -0.267 e. The van der Waals surface area contributed by atoms with Crippen molar-refractivity contribution >= 4 is 38.0 Å². The Morgan fingerprint density at radius 3 is 2.40 bits per heavy atom. The number of benzene rings is 1. The zero-order valence-electron chi connectivity index (χ0n) is 11.4. The summed E-state index contributed by atoms with van der Waals surface area (Å²) in [5.74, 6) is 0. The number of H-pyrrole nitrogens is 1. The number of aromatic nitrogens is 2. The molecule has 0 atom stereocenters. The number of thiophene rings is 1. The van der Waals surface area contributed by atoms with Crippen molar-refractivity contribution in [2.24, 2.45) is 0 Å². The van der Waals surface area contributed by atoms with Crippen molar-refractivity contribution < 1.29 is 0 Å². The molecule has 0 unspecified atom stereocenters. The fraction of sp³-hybridized carbons (Fsp3) is 0.200. The molecular weight excluding hydrogens is 336 g/mol. The molecule has 2 aromatic heterocycles. The van der Waals surface area contributed by atoms with Crippen LogP contribution in [0, 0.1) is 20.8 Å².